The molecule has 0 spiro atoms. The van der Waals surface area contributed by atoms with Crippen LogP contribution in [0.2, 0.25) is 0 Å². The molecule has 0 radical (unpaired) electrons. The van der Waals surface area contributed by atoms with Gasteiger partial charge in [-0.25, -0.2) is 0 Å². The van der Waals surface area contributed by atoms with Crippen LogP contribution in [-0.2, 0) is 22.6 Å². The van der Waals surface area contributed by atoms with Crippen molar-refractivity contribution in [2.45, 2.75) is 32.2 Å². The molecule has 1 N–H and O–H groups in total. The number of aliphatic hydroxyl groups is 1. The van der Waals surface area contributed by atoms with Crippen molar-refractivity contribution < 1.29 is 24.1 Å². The molecule has 0 amide bonds. The zero-order valence-corrected chi connectivity index (χ0v) is 18.7. The summed E-state index contributed by atoms with van der Waals surface area (Å²) >= 11 is 0. The maximum atomic E-state index is 13.2. The summed E-state index contributed by atoms with van der Waals surface area (Å²) < 4.78 is 16.7. The number of aliphatic hydroxyl groups excluding tert-OH is 1. The summed E-state index contributed by atoms with van der Waals surface area (Å²) in [7, 11) is 0. The van der Waals surface area contributed by atoms with E-state index in [0.717, 1.165) is 11.1 Å². The summed E-state index contributed by atoms with van der Waals surface area (Å²) in [6.45, 7) is 3.88. The molecule has 1 heterocycles. The van der Waals surface area contributed by atoms with Crippen molar-refractivity contribution in [1.29, 1.82) is 0 Å². The molecule has 0 saturated heterocycles. The molecule has 6 heteroatoms. The fourth-order valence-electron chi connectivity index (χ4n) is 4.02. The van der Waals surface area contributed by atoms with Crippen molar-refractivity contribution in [3.05, 3.63) is 95.6 Å². The number of ether oxygens (including phenoxy) is 3. The van der Waals surface area contributed by atoms with Crippen LogP contribution >= 0.6 is 0 Å². The molecule has 3 aromatic rings. The van der Waals surface area contributed by atoms with Crippen molar-refractivity contribution >= 4 is 5.97 Å². The number of rotatable bonds is 9. The number of hydrogen-bond acceptors (Lipinski definition) is 6. The Bertz CT molecular complexity index is 999. The normalized spacial score (nSPS) is 14.5. The number of hydrogen-bond donors (Lipinski definition) is 1. The molecule has 0 saturated carbocycles. The molecule has 2 atom stereocenters. The number of esters is 1. The Balaban J connectivity index is 1.69. The molecule has 33 heavy (non-hydrogen) atoms. The standard InChI is InChI=1S/C27H29NO5/c1-2-31-27(30)25(26(29)22-13-14-23-24(17-22)33-16-15-32-23)28(18-20-9-5-3-6-10-20)19-21-11-7-4-8-12-21/h3-14,17,25-26,29H,2,15-16,18-19H2,1H3/t25-,26+/m0/s1. The molecular weight excluding hydrogens is 418 g/mol. The molecule has 0 aliphatic carbocycles. The highest BCUT2D eigenvalue weighted by Crippen LogP contribution is 2.35. The molecule has 0 aromatic heterocycles. The van der Waals surface area contributed by atoms with Gasteiger partial charge in [0.1, 0.15) is 25.4 Å². The molecule has 0 unspecified atom stereocenters. The first-order valence-corrected chi connectivity index (χ1v) is 11.2. The Kier molecular flexibility index (Phi) is 7.60. The van der Waals surface area contributed by atoms with Crippen LogP contribution in [0.5, 0.6) is 11.5 Å². The van der Waals surface area contributed by atoms with Gasteiger partial charge in [0.05, 0.1) is 6.61 Å². The second-order valence-corrected chi connectivity index (χ2v) is 7.92. The molecule has 6 nitrogen and oxygen atoms in total. The van der Waals surface area contributed by atoms with E-state index in [2.05, 4.69) is 0 Å². The second-order valence-electron chi connectivity index (χ2n) is 7.92. The number of carbonyl (C=O) groups excluding carboxylic acids is 1. The van der Waals surface area contributed by atoms with E-state index in [-0.39, 0.29) is 6.61 Å². The molecule has 0 bridgehead atoms. The predicted molar refractivity (Wildman–Crippen MR) is 125 cm³/mol. The number of benzene rings is 3. The van der Waals surface area contributed by atoms with E-state index in [1.165, 1.54) is 0 Å². The molecule has 1 aliphatic heterocycles. The van der Waals surface area contributed by atoms with E-state index in [1.54, 1.807) is 25.1 Å². The Hall–Kier alpha value is -3.35. The van der Waals surface area contributed by atoms with Crippen LogP contribution in [0.15, 0.2) is 78.9 Å². The van der Waals surface area contributed by atoms with Gasteiger partial charge in [0.2, 0.25) is 0 Å². The fourth-order valence-corrected chi connectivity index (χ4v) is 4.02. The third-order valence-electron chi connectivity index (χ3n) is 5.59. The summed E-state index contributed by atoms with van der Waals surface area (Å²) in [4.78, 5) is 15.2. The van der Waals surface area contributed by atoms with E-state index in [9.17, 15) is 9.90 Å². The molecular formula is C27H29NO5. The Morgan fingerprint density at radius 3 is 2.06 bits per heavy atom. The highest BCUT2D eigenvalue weighted by atomic mass is 16.6. The van der Waals surface area contributed by atoms with E-state index in [1.807, 2.05) is 65.6 Å². The largest absolute Gasteiger partial charge is 0.486 e. The van der Waals surface area contributed by atoms with Crippen molar-refractivity contribution in [3.63, 3.8) is 0 Å². The third-order valence-corrected chi connectivity index (χ3v) is 5.59. The van der Waals surface area contributed by atoms with Gasteiger partial charge >= 0.3 is 5.97 Å². The lowest BCUT2D eigenvalue weighted by atomic mass is 9.98. The first kappa shape index (κ1) is 22.8. The van der Waals surface area contributed by atoms with E-state index < -0.39 is 18.1 Å². The van der Waals surface area contributed by atoms with Crippen molar-refractivity contribution in [3.8, 4) is 11.5 Å². The van der Waals surface area contributed by atoms with E-state index in [4.69, 9.17) is 14.2 Å². The Labute approximate surface area is 194 Å². The van der Waals surface area contributed by atoms with Crippen LogP contribution in [-0.4, -0.2) is 41.8 Å². The van der Waals surface area contributed by atoms with Crippen molar-refractivity contribution in [2.75, 3.05) is 19.8 Å². The summed E-state index contributed by atoms with van der Waals surface area (Å²) in [6, 6.07) is 24.2. The van der Waals surface area contributed by atoms with Gasteiger partial charge in [-0.05, 0) is 35.7 Å². The van der Waals surface area contributed by atoms with Crippen molar-refractivity contribution in [2.24, 2.45) is 0 Å². The summed E-state index contributed by atoms with van der Waals surface area (Å²) in [6.07, 6.45) is -1.12. The maximum Gasteiger partial charge on any atom is 0.326 e. The minimum absolute atomic E-state index is 0.230. The zero-order valence-electron chi connectivity index (χ0n) is 18.7. The van der Waals surface area contributed by atoms with Crippen LogP contribution in [0.1, 0.15) is 29.7 Å². The molecule has 0 fully saturated rings. The SMILES string of the molecule is CCOC(=O)[C@H]([C@H](O)c1ccc2c(c1)OCCO2)N(Cc1ccccc1)Cc1ccccc1. The minimum Gasteiger partial charge on any atom is -0.486 e. The van der Waals surface area contributed by atoms with Gasteiger partial charge in [-0.1, -0.05) is 66.7 Å². The molecule has 172 valence electrons. The van der Waals surface area contributed by atoms with Crippen LogP contribution in [0.25, 0.3) is 0 Å². The number of carbonyl (C=O) groups is 1. The number of fused-ring (bicyclic) bond motifs is 1. The lowest BCUT2D eigenvalue weighted by Crippen LogP contribution is -2.45. The first-order valence-electron chi connectivity index (χ1n) is 11.2. The summed E-state index contributed by atoms with van der Waals surface area (Å²) in [5.41, 5.74) is 2.65. The molecule has 4 rings (SSSR count). The van der Waals surface area contributed by atoms with Gasteiger partial charge in [-0.3, -0.25) is 9.69 Å². The monoisotopic (exact) mass is 447 g/mol. The summed E-state index contributed by atoms with van der Waals surface area (Å²) in [5.74, 6) is 0.736. The first-order chi connectivity index (χ1) is 16.2. The second kappa shape index (κ2) is 11.0. The molecule has 1 aliphatic rings. The van der Waals surface area contributed by atoms with Crippen LogP contribution in [0.3, 0.4) is 0 Å². The van der Waals surface area contributed by atoms with Gasteiger partial charge in [-0.15, -0.1) is 0 Å². The fraction of sp³-hybridized carbons (Fsp3) is 0.296. The molecule has 3 aromatic carbocycles. The maximum absolute atomic E-state index is 13.2. The lowest BCUT2D eigenvalue weighted by Gasteiger charge is -2.34. The number of nitrogens with zero attached hydrogens (tertiary/aromatic N) is 1. The van der Waals surface area contributed by atoms with E-state index in [0.29, 0.717) is 43.4 Å². The average Bonchev–Trinajstić information content (AvgIpc) is 2.85. The minimum atomic E-state index is -1.12. The van der Waals surface area contributed by atoms with Gasteiger partial charge in [-0.2, -0.15) is 0 Å². The van der Waals surface area contributed by atoms with Gasteiger partial charge in [0.15, 0.2) is 11.5 Å². The van der Waals surface area contributed by atoms with Crippen molar-refractivity contribution in [1.82, 2.24) is 4.90 Å². The third kappa shape index (κ3) is 5.72. The van der Waals surface area contributed by atoms with Crippen LogP contribution in [0.4, 0.5) is 0 Å². The van der Waals surface area contributed by atoms with Gasteiger partial charge in [0.25, 0.3) is 0 Å². The Morgan fingerprint density at radius 2 is 1.48 bits per heavy atom. The van der Waals surface area contributed by atoms with Crippen LogP contribution < -0.4 is 9.47 Å². The predicted octanol–water partition coefficient (Wildman–Crippen LogP) is 4.13. The summed E-state index contributed by atoms with van der Waals surface area (Å²) in [5, 5.41) is 11.5. The smallest absolute Gasteiger partial charge is 0.326 e. The van der Waals surface area contributed by atoms with Crippen LogP contribution in [0, 0.1) is 0 Å². The van der Waals surface area contributed by atoms with Gasteiger partial charge in [0, 0.05) is 13.1 Å². The quantitative estimate of drug-likeness (QED) is 0.498. The average molecular weight is 448 g/mol. The van der Waals surface area contributed by atoms with Gasteiger partial charge < -0.3 is 19.3 Å². The van der Waals surface area contributed by atoms with E-state index >= 15 is 0 Å². The highest BCUT2D eigenvalue weighted by Gasteiger charge is 2.36. The Morgan fingerprint density at radius 1 is 0.909 bits per heavy atom. The zero-order chi connectivity index (χ0) is 23.0. The highest BCUT2D eigenvalue weighted by molar-refractivity contribution is 5.77. The lowest BCUT2D eigenvalue weighted by molar-refractivity contribution is -0.155. The topological polar surface area (TPSA) is 68.2 Å².